The van der Waals surface area contributed by atoms with Crippen LogP contribution < -0.4 is 10.1 Å². The van der Waals surface area contributed by atoms with Gasteiger partial charge in [0.1, 0.15) is 5.75 Å². The summed E-state index contributed by atoms with van der Waals surface area (Å²) in [5.74, 6) is 6.35. The lowest BCUT2D eigenvalue weighted by Gasteiger charge is -2.18. The van der Waals surface area contributed by atoms with E-state index in [0.29, 0.717) is 17.7 Å². The van der Waals surface area contributed by atoms with Crippen molar-refractivity contribution < 1.29 is 14.3 Å². The van der Waals surface area contributed by atoms with Crippen molar-refractivity contribution in [3.05, 3.63) is 101 Å². The standard InChI is InChI=1S/C26H19NO3/c1-30-21-13-10-18(11-14-21)8-5-9-20-12-15-24-22(16-20)25(28)23(26(29)27-24)17-19-6-3-2-4-7-19/h2-4,6-7,10-17H,8H2,1H3,(H,27,29). The molecule has 4 heteroatoms. The first-order valence-electron chi connectivity index (χ1n) is 9.53. The number of rotatable bonds is 3. The molecular weight excluding hydrogens is 374 g/mol. The number of anilines is 1. The fourth-order valence-corrected chi connectivity index (χ4v) is 3.20. The highest BCUT2D eigenvalue weighted by atomic mass is 16.5. The predicted octanol–water partition coefficient (Wildman–Crippen LogP) is 4.51. The number of nitrogens with one attached hydrogen (secondary N) is 1. The summed E-state index contributed by atoms with van der Waals surface area (Å²) in [7, 11) is 1.63. The van der Waals surface area contributed by atoms with Crippen LogP contribution in [0.15, 0.2) is 78.4 Å². The third-order valence-corrected chi connectivity index (χ3v) is 4.80. The van der Waals surface area contributed by atoms with E-state index in [0.717, 1.165) is 22.4 Å². The van der Waals surface area contributed by atoms with Gasteiger partial charge in [0.25, 0.3) is 5.91 Å². The maximum atomic E-state index is 13.0. The van der Waals surface area contributed by atoms with E-state index in [4.69, 9.17) is 4.74 Å². The third-order valence-electron chi connectivity index (χ3n) is 4.80. The Morgan fingerprint density at radius 3 is 2.47 bits per heavy atom. The molecule has 0 unspecified atom stereocenters. The molecule has 30 heavy (non-hydrogen) atoms. The van der Waals surface area contributed by atoms with Crippen LogP contribution in [0.5, 0.6) is 5.75 Å². The van der Waals surface area contributed by atoms with Crippen LogP contribution in [-0.2, 0) is 11.2 Å². The fraction of sp³-hybridized carbons (Fsp3) is 0.0769. The number of fused-ring (bicyclic) bond motifs is 1. The lowest BCUT2D eigenvalue weighted by Crippen LogP contribution is -2.27. The predicted molar refractivity (Wildman–Crippen MR) is 117 cm³/mol. The summed E-state index contributed by atoms with van der Waals surface area (Å²) >= 11 is 0. The summed E-state index contributed by atoms with van der Waals surface area (Å²) in [6.45, 7) is 0. The van der Waals surface area contributed by atoms with Crippen LogP contribution >= 0.6 is 0 Å². The molecule has 0 fully saturated rings. The Labute approximate surface area is 175 Å². The van der Waals surface area contributed by atoms with Gasteiger partial charge in [-0.05, 0) is 47.5 Å². The van der Waals surface area contributed by atoms with Crippen molar-refractivity contribution in [2.75, 3.05) is 12.4 Å². The van der Waals surface area contributed by atoms with E-state index in [1.807, 2.05) is 54.6 Å². The van der Waals surface area contributed by atoms with Gasteiger partial charge in [-0.15, -0.1) is 0 Å². The Balaban J connectivity index is 1.57. The lowest BCUT2D eigenvalue weighted by molar-refractivity contribution is -0.112. The van der Waals surface area contributed by atoms with Gasteiger partial charge in [0, 0.05) is 17.5 Å². The molecule has 1 amide bonds. The summed E-state index contributed by atoms with van der Waals surface area (Å²) in [4.78, 5) is 25.3. The number of hydrogen-bond donors (Lipinski definition) is 1. The number of benzene rings is 3. The number of hydrogen-bond acceptors (Lipinski definition) is 3. The SMILES string of the molecule is COc1ccc(CC#Cc2ccc3c(c2)C(=O)C(=Cc2ccccc2)C(=O)N3)cc1. The van der Waals surface area contributed by atoms with Crippen LogP contribution in [0.3, 0.4) is 0 Å². The molecular formula is C26H19NO3. The van der Waals surface area contributed by atoms with Gasteiger partial charge in [0.15, 0.2) is 0 Å². The monoisotopic (exact) mass is 393 g/mol. The van der Waals surface area contributed by atoms with E-state index in [9.17, 15) is 9.59 Å². The molecule has 3 aromatic carbocycles. The Morgan fingerprint density at radius 1 is 0.967 bits per heavy atom. The Hall–Kier alpha value is -4.10. The summed E-state index contributed by atoms with van der Waals surface area (Å²) in [5, 5.41) is 2.79. The second-order valence-electron chi connectivity index (χ2n) is 6.84. The second kappa shape index (κ2) is 8.50. The van der Waals surface area contributed by atoms with Crippen LogP contribution in [0.4, 0.5) is 5.69 Å². The molecule has 3 aromatic rings. The van der Waals surface area contributed by atoms with Gasteiger partial charge in [-0.1, -0.05) is 54.3 Å². The first kappa shape index (κ1) is 19.2. The second-order valence-corrected chi connectivity index (χ2v) is 6.84. The Morgan fingerprint density at radius 2 is 1.73 bits per heavy atom. The zero-order valence-electron chi connectivity index (χ0n) is 16.4. The van der Waals surface area contributed by atoms with Gasteiger partial charge in [0.05, 0.1) is 18.4 Å². The van der Waals surface area contributed by atoms with Gasteiger partial charge in [-0.25, -0.2) is 0 Å². The Kier molecular flexibility index (Phi) is 5.45. The van der Waals surface area contributed by atoms with Crippen molar-refractivity contribution in [2.24, 2.45) is 0 Å². The van der Waals surface area contributed by atoms with Crippen molar-refractivity contribution in [3.8, 4) is 17.6 Å². The van der Waals surface area contributed by atoms with Crippen LogP contribution in [0.1, 0.15) is 27.0 Å². The molecule has 0 aliphatic carbocycles. The van der Waals surface area contributed by atoms with Gasteiger partial charge < -0.3 is 10.1 Å². The summed E-state index contributed by atoms with van der Waals surface area (Å²) < 4.78 is 5.16. The molecule has 0 saturated carbocycles. The first-order chi connectivity index (χ1) is 14.6. The molecule has 4 nitrogen and oxygen atoms in total. The van der Waals surface area contributed by atoms with Gasteiger partial charge in [0.2, 0.25) is 5.78 Å². The molecule has 1 N–H and O–H groups in total. The zero-order valence-corrected chi connectivity index (χ0v) is 16.4. The maximum absolute atomic E-state index is 13.0. The average Bonchev–Trinajstić information content (AvgIpc) is 2.78. The van der Waals surface area contributed by atoms with E-state index in [-0.39, 0.29) is 11.4 Å². The highest BCUT2D eigenvalue weighted by Gasteiger charge is 2.28. The van der Waals surface area contributed by atoms with Crippen molar-refractivity contribution in [1.29, 1.82) is 0 Å². The van der Waals surface area contributed by atoms with Crippen LogP contribution in [0, 0.1) is 11.8 Å². The molecule has 0 bridgehead atoms. The van der Waals surface area contributed by atoms with Crippen molar-refractivity contribution >= 4 is 23.5 Å². The van der Waals surface area contributed by atoms with Crippen molar-refractivity contribution in [1.82, 2.24) is 0 Å². The largest absolute Gasteiger partial charge is 0.497 e. The van der Waals surface area contributed by atoms with E-state index < -0.39 is 5.91 Å². The summed E-state index contributed by atoms with van der Waals surface area (Å²) in [6.07, 6.45) is 2.20. The van der Waals surface area contributed by atoms with Gasteiger partial charge in [-0.3, -0.25) is 9.59 Å². The maximum Gasteiger partial charge on any atom is 0.259 e. The van der Waals surface area contributed by atoms with Crippen LogP contribution in [-0.4, -0.2) is 18.8 Å². The molecule has 1 aliphatic rings. The molecule has 0 atom stereocenters. The number of Topliss-reactive ketones (excluding diaryl/α,β-unsaturated/α-hetero) is 1. The smallest absolute Gasteiger partial charge is 0.259 e. The minimum Gasteiger partial charge on any atom is -0.497 e. The third kappa shape index (κ3) is 4.16. The van der Waals surface area contributed by atoms with E-state index >= 15 is 0 Å². The first-order valence-corrected chi connectivity index (χ1v) is 9.53. The van der Waals surface area contributed by atoms with E-state index in [2.05, 4.69) is 17.2 Å². The quantitative estimate of drug-likeness (QED) is 0.405. The number of ether oxygens (including phenoxy) is 1. The van der Waals surface area contributed by atoms with E-state index in [1.165, 1.54) is 0 Å². The number of ketones is 1. The van der Waals surface area contributed by atoms with Gasteiger partial charge in [-0.2, -0.15) is 0 Å². The summed E-state index contributed by atoms with van der Waals surface area (Å²) in [5.41, 5.74) is 3.69. The number of methoxy groups -OCH3 is 1. The van der Waals surface area contributed by atoms with Gasteiger partial charge >= 0.3 is 0 Å². The van der Waals surface area contributed by atoms with Crippen molar-refractivity contribution in [3.63, 3.8) is 0 Å². The highest BCUT2D eigenvalue weighted by Crippen LogP contribution is 2.27. The molecule has 1 heterocycles. The Bertz CT molecular complexity index is 1200. The fourth-order valence-electron chi connectivity index (χ4n) is 3.20. The zero-order chi connectivity index (χ0) is 20.9. The molecule has 0 radical (unpaired) electrons. The summed E-state index contributed by atoms with van der Waals surface area (Å²) in [6, 6.07) is 22.3. The lowest BCUT2D eigenvalue weighted by atomic mass is 9.94. The molecule has 0 saturated heterocycles. The normalized spacial score (nSPS) is 13.8. The number of carbonyl (C=O) groups is 2. The number of amides is 1. The molecule has 1 aliphatic heterocycles. The molecule has 0 aromatic heterocycles. The molecule has 4 rings (SSSR count). The molecule has 146 valence electrons. The number of carbonyl (C=O) groups excluding carboxylic acids is 2. The highest BCUT2D eigenvalue weighted by molar-refractivity contribution is 6.36. The average molecular weight is 393 g/mol. The minimum absolute atomic E-state index is 0.122. The van der Waals surface area contributed by atoms with Crippen LogP contribution in [0.25, 0.3) is 6.08 Å². The topological polar surface area (TPSA) is 55.4 Å². The minimum atomic E-state index is -0.394. The van der Waals surface area contributed by atoms with Crippen molar-refractivity contribution in [2.45, 2.75) is 6.42 Å². The van der Waals surface area contributed by atoms with E-state index in [1.54, 1.807) is 31.4 Å². The van der Waals surface area contributed by atoms with Crippen LogP contribution in [0.2, 0.25) is 0 Å². The molecule has 0 spiro atoms.